The van der Waals surface area contributed by atoms with Crippen molar-refractivity contribution >= 4 is 28.9 Å². The highest BCUT2D eigenvalue weighted by atomic mass is 19.1. The van der Waals surface area contributed by atoms with Gasteiger partial charge >= 0.3 is 0 Å². The van der Waals surface area contributed by atoms with Crippen LogP contribution in [-0.2, 0) is 9.59 Å². The van der Waals surface area contributed by atoms with Crippen LogP contribution in [0.25, 0.3) is 0 Å². The highest BCUT2D eigenvalue weighted by molar-refractivity contribution is 6.06. The number of nitrogens with one attached hydrogen (secondary N) is 3. The van der Waals surface area contributed by atoms with Gasteiger partial charge in [-0.1, -0.05) is 12.1 Å². The van der Waals surface area contributed by atoms with Crippen LogP contribution in [-0.4, -0.2) is 17.9 Å². The van der Waals surface area contributed by atoms with Crippen LogP contribution in [0.15, 0.2) is 48.5 Å². The lowest BCUT2D eigenvalue weighted by atomic mass is 10.1. The number of halogens is 1. The van der Waals surface area contributed by atoms with Gasteiger partial charge in [0.25, 0.3) is 0 Å². The summed E-state index contributed by atoms with van der Waals surface area (Å²) in [7, 11) is 0. The molecule has 0 aliphatic carbocycles. The molecule has 5 nitrogen and oxygen atoms in total. The summed E-state index contributed by atoms with van der Waals surface area (Å²) in [6.07, 6.45) is -0.0163. The predicted octanol–water partition coefficient (Wildman–Crippen LogP) is 2.59. The van der Waals surface area contributed by atoms with Crippen molar-refractivity contribution in [1.29, 1.82) is 0 Å². The second-order valence-corrected chi connectivity index (χ2v) is 4.99. The van der Waals surface area contributed by atoms with Gasteiger partial charge in [0.15, 0.2) is 0 Å². The van der Waals surface area contributed by atoms with E-state index < -0.39 is 6.04 Å². The lowest BCUT2D eigenvalue weighted by Crippen LogP contribution is -2.41. The Balaban J connectivity index is 1.64. The lowest BCUT2D eigenvalue weighted by molar-refractivity contribution is -0.122. The summed E-state index contributed by atoms with van der Waals surface area (Å²) in [4.78, 5) is 24.0. The number of para-hydroxylation sites is 2. The Kier molecular flexibility index (Phi) is 3.74. The molecule has 1 aliphatic rings. The van der Waals surface area contributed by atoms with Crippen LogP contribution < -0.4 is 16.0 Å². The van der Waals surface area contributed by atoms with Crippen molar-refractivity contribution in [3.05, 3.63) is 54.3 Å². The molecule has 3 rings (SSSR count). The second-order valence-electron chi connectivity index (χ2n) is 4.99. The molecular weight excluding hydrogens is 285 g/mol. The van der Waals surface area contributed by atoms with Gasteiger partial charge in [0, 0.05) is 5.69 Å². The van der Waals surface area contributed by atoms with Gasteiger partial charge in [-0.3, -0.25) is 9.59 Å². The van der Waals surface area contributed by atoms with E-state index in [4.69, 9.17) is 0 Å². The van der Waals surface area contributed by atoms with Crippen molar-refractivity contribution in [3.8, 4) is 0 Å². The van der Waals surface area contributed by atoms with E-state index in [1.807, 2.05) is 18.2 Å². The third-order valence-electron chi connectivity index (χ3n) is 3.35. The summed E-state index contributed by atoms with van der Waals surface area (Å²) in [6.45, 7) is 0. The largest absolute Gasteiger partial charge is 0.372 e. The molecule has 0 fully saturated rings. The van der Waals surface area contributed by atoms with Crippen LogP contribution in [0, 0.1) is 5.82 Å². The maximum Gasteiger partial charge on any atom is 0.247 e. The Hall–Kier alpha value is -2.89. The molecule has 112 valence electrons. The predicted molar refractivity (Wildman–Crippen MR) is 82.1 cm³/mol. The van der Waals surface area contributed by atoms with E-state index in [-0.39, 0.29) is 24.1 Å². The van der Waals surface area contributed by atoms with E-state index in [0.29, 0.717) is 11.4 Å². The first kappa shape index (κ1) is 14.1. The maximum absolute atomic E-state index is 12.8. The maximum atomic E-state index is 12.8. The normalized spacial score (nSPS) is 16.2. The summed E-state index contributed by atoms with van der Waals surface area (Å²) in [5.74, 6) is -0.950. The zero-order valence-corrected chi connectivity index (χ0v) is 11.6. The molecule has 0 radical (unpaired) electrons. The molecule has 0 saturated carbocycles. The molecule has 0 spiro atoms. The van der Waals surface area contributed by atoms with Gasteiger partial charge < -0.3 is 16.0 Å². The molecule has 0 aromatic heterocycles. The first-order valence-corrected chi connectivity index (χ1v) is 6.84. The van der Waals surface area contributed by atoms with Crippen molar-refractivity contribution in [2.75, 3.05) is 16.0 Å². The fraction of sp³-hybridized carbons (Fsp3) is 0.125. The Morgan fingerprint density at radius 2 is 1.77 bits per heavy atom. The number of carbonyl (C=O) groups is 2. The molecule has 2 aromatic carbocycles. The standard InChI is InChI=1S/C16H14FN3O2/c17-10-5-7-11(8-6-10)18-15(21)9-14-16(22)20-13-4-2-1-3-12(13)19-14/h1-8,14,19H,9H2,(H,18,21)(H,20,22)/t14-/m0/s1. The molecule has 0 bridgehead atoms. The van der Waals surface area contributed by atoms with Gasteiger partial charge in [-0.2, -0.15) is 0 Å². The summed E-state index contributed by atoms with van der Waals surface area (Å²) in [5.41, 5.74) is 1.97. The fourth-order valence-electron chi connectivity index (χ4n) is 2.27. The van der Waals surface area contributed by atoms with Crippen molar-refractivity contribution in [2.24, 2.45) is 0 Å². The van der Waals surface area contributed by atoms with Crippen molar-refractivity contribution in [3.63, 3.8) is 0 Å². The van der Waals surface area contributed by atoms with Crippen LogP contribution in [0.1, 0.15) is 6.42 Å². The quantitative estimate of drug-likeness (QED) is 0.816. The van der Waals surface area contributed by atoms with E-state index in [2.05, 4.69) is 16.0 Å². The summed E-state index contributed by atoms with van der Waals surface area (Å²) in [5, 5.41) is 8.43. The van der Waals surface area contributed by atoms with Crippen molar-refractivity contribution < 1.29 is 14.0 Å². The highest BCUT2D eigenvalue weighted by Gasteiger charge is 2.27. The third-order valence-corrected chi connectivity index (χ3v) is 3.35. The Labute approximate surface area is 126 Å². The average molecular weight is 299 g/mol. The molecule has 1 heterocycles. The molecule has 1 atom stereocenters. The van der Waals surface area contributed by atoms with Crippen LogP contribution in [0.3, 0.4) is 0 Å². The van der Waals surface area contributed by atoms with Crippen LogP contribution in [0.4, 0.5) is 21.5 Å². The molecule has 22 heavy (non-hydrogen) atoms. The van der Waals surface area contributed by atoms with Gasteiger partial charge in [0.05, 0.1) is 17.8 Å². The van der Waals surface area contributed by atoms with Crippen LogP contribution >= 0.6 is 0 Å². The van der Waals surface area contributed by atoms with Crippen LogP contribution in [0.5, 0.6) is 0 Å². The molecule has 1 aliphatic heterocycles. The lowest BCUT2D eigenvalue weighted by Gasteiger charge is -2.26. The van der Waals surface area contributed by atoms with Gasteiger partial charge in [-0.15, -0.1) is 0 Å². The zero-order valence-electron chi connectivity index (χ0n) is 11.6. The number of rotatable bonds is 3. The fourth-order valence-corrected chi connectivity index (χ4v) is 2.27. The van der Waals surface area contributed by atoms with Crippen molar-refractivity contribution in [2.45, 2.75) is 12.5 Å². The van der Waals surface area contributed by atoms with E-state index in [9.17, 15) is 14.0 Å². The van der Waals surface area contributed by atoms with Gasteiger partial charge in [-0.05, 0) is 36.4 Å². The molecule has 0 unspecified atom stereocenters. The van der Waals surface area contributed by atoms with Crippen molar-refractivity contribution in [1.82, 2.24) is 0 Å². The number of benzene rings is 2. The summed E-state index contributed by atoms with van der Waals surface area (Å²) < 4.78 is 12.8. The number of fused-ring (bicyclic) bond motifs is 1. The Bertz CT molecular complexity index is 716. The Morgan fingerprint density at radius 3 is 2.50 bits per heavy atom. The molecule has 3 N–H and O–H groups in total. The van der Waals surface area contributed by atoms with Gasteiger partial charge in [-0.25, -0.2) is 4.39 Å². The zero-order chi connectivity index (χ0) is 15.5. The van der Waals surface area contributed by atoms with E-state index in [1.54, 1.807) is 6.07 Å². The minimum Gasteiger partial charge on any atom is -0.372 e. The second kappa shape index (κ2) is 5.85. The SMILES string of the molecule is O=C(C[C@@H]1Nc2ccccc2NC1=O)Nc1ccc(F)cc1. The smallest absolute Gasteiger partial charge is 0.247 e. The third kappa shape index (κ3) is 3.06. The highest BCUT2D eigenvalue weighted by Crippen LogP contribution is 2.26. The topological polar surface area (TPSA) is 70.2 Å². The summed E-state index contributed by atoms with van der Waals surface area (Å²) in [6, 6.07) is 12.1. The molecule has 6 heteroatoms. The first-order valence-electron chi connectivity index (χ1n) is 6.84. The monoisotopic (exact) mass is 299 g/mol. The molecule has 2 aromatic rings. The Morgan fingerprint density at radius 1 is 1.09 bits per heavy atom. The van der Waals surface area contributed by atoms with E-state index in [0.717, 1.165) is 5.69 Å². The average Bonchev–Trinajstić information content (AvgIpc) is 2.50. The molecular formula is C16H14FN3O2. The number of hydrogen-bond donors (Lipinski definition) is 3. The van der Waals surface area contributed by atoms with E-state index >= 15 is 0 Å². The molecule has 2 amide bonds. The van der Waals surface area contributed by atoms with E-state index in [1.165, 1.54) is 24.3 Å². The number of anilines is 3. The number of amides is 2. The first-order chi connectivity index (χ1) is 10.6. The number of hydrogen-bond acceptors (Lipinski definition) is 3. The van der Waals surface area contributed by atoms with Crippen LogP contribution in [0.2, 0.25) is 0 Å². The minimum atomic E-state index is -0.643. The number of carbonyl (C=O) groups excluding carboxylic acids is 2. The molecule has 0 saturated heterocycles. The van der Waals surface area contributed by atoms with Gasteiger partial charge in [0.1, 0.15) is 11.9 Å². The summed E-state index contributed by atoms with van der Waals surface area (Å²) >= 11 is 0. The van der Waals surface area contributed by atoms with Gasteiger partial charge in [0.2, 0.25) is 11.8 Å². The minimum absolute atomic E-state index is 0.0163.